The van der Waals surface area contributed by atoms with Crippen molar-refractivity contribution in [2.75, 3.05) is 0 Å². The zero-order valence-electron chi connectivity index (χ0n) is 11.8. The van der Waals surface area contributed by atoms with Crippen LogP contribution in [0.1, 0.15) is 60.8 Å². The van der Waals surface area contributed by atoms with Crippen LogP contribution in [0.15, 0.2) is 0 Å². The lowest BCUT2D eigenvalue weighted by Crippen LogP contribution is -2.43. The molecule has 1 aliphatic carbocycles. The molecule has 0 spiro atoms. The van der Waals surface area contributed by atoms with Crippen LogP contribution in [0.2, 0.25) is 0 Å². The van der Waals surface area contributed by atoms with E-state index < -0.39 is 0 Å². The third-order valence-corrected chi connectivity index (χ3v) is 5.02. The van der Waals surface area contributed by atoms with Gasteiger partial charge in [0.2, 0.25) is 0 Å². The van der Waals surface area contributed by atoms with E-state index in [1.54, 1.807) is 6.92 Å². The van der Waals surface area contributed by atoms with E-state index in [0.717, 1.165) is 18.3 Å². The van der Waals surface area contributed by atoms with Crippen molar-refractivity contribution in [2.45, 2.75) is 60.8 Å². The summed E-state index contributed by atoms with van der Waals surface area (Å²) < 4.78 is 0. The zero-order valence-corrected chi connectivity index (χ0v) is 11.8. The minimum atomic E-state index is 0.341. The Morgan fingerprint density at radius 2 is 1.88 bits per heavy atom. The number of ketones is 1. The second-order valence-corrected chi connectivity index (χ2v) is 6.69. The maximum absolute atomic E-state index is 11.3. The van der Waals surface area contributed by atoms with Crippen LogP contribution in [0.4, 0.5) is 0 Å². The maximum Gasteiger partial charge on any atom is 0.130 e. The van der Waals surface area contributed by atoms with Crippen LogP contribution >= 0.6 is 0 Å². The van der Waals surface area contributed by atoms with Gasteiger partial charge in [-0.05, 0) is 42.4 Å². The normalized spacial score (nSPS) is 35.8. The highest BCUT2D eigenvalue weighted by atomic mass is 16.1. The fourth-order valence-corrected chi connectivity index (χ4v) is 4.00. The molecule has 0 heterocycles. The fourth-order valence-electron chi connectivity index (χ4n) is 4.00. The smallest absolute Gasteiger partial charge is 0.130 e. The molecule has 0 aliphatic heterocycles. The lowest BCUT2D eigenvalue weighted by molar-refractivity contribution is -0.119. The highest BCUT2D eigenvalue weighted by molar-refractivity contribution is 5.75. The van der Waals surface area contributed by atoms with Gasteiger partial charge in [-0.15, -0.1) is 0 Å². The minimum Gasteiger partial charge on any atom is -0.300 e. The lowest BCUT2D eigenvalue weighted by atomic mass is 9.55. The first-order valence-electron chi connectivity index (χ1n) is 6.76. The van der Waals surface area contributed by atoms with Crippen LogP contribution < -0.4 is 0 Å². The molecule has 3 unspecified atom stereocenters. The Labute approximate surface area is 101 Å². The molecular weight excluding hydrogens is 196 g/mol. The van der Waals surface area contributed by atoms with E-state index in [-0.39, 0.29) is 0 Å². The molecule has 1 rings (SSSR count). The summed E-state index contributed by atoms with van der Waals surface area (Å²) in [6.45, 7) is 13.5. The molecule has 0 aromatic heterocycles. The second kappa shape index (κ2) is 4.89. The van der Waals surface area contributed by atoms with Gasteiger partial charge in [-0.3, -0.25) is 0 Å². The molecule has 0 N–H and O–H groups in total. The first-order chi connectivity index (χ1) is 7.26. The Balaban J connectivity index is 2.84. The van der Waals surface area contributed by atoms with Gasteiger partial charge >= 0.3 is 0 Å². The van der Waals surface area contributed by atoms with Crippen LogP contribution in [0.5, 0.6) is 0 Å². The third-order valence-electron chi connectivity index (χ3n) is 5.02. The summed E-state index contributed by atoms with van der Waals surface area (Å²) in [7, 11) is 0. The third kappa shape index (κ3) is 2.67. The predicted octanol–water partition coefficient (Wildman–Crippen LogP) is 4.31. The summed E-state index contributed by atoms with van der Waals surface area (Å²) in [5.74, 6) is 3.11. The number of rotatable bonds is 3. The van der Waals surface area contributed by atoms with Crippen molar-refractivity contribution in [3.63, 3.8) is 0 Å². The maximum atomic E-state index is 11.3. The van der Waals surface area contributed by atoms with Gasteiger partial charge in [0.25, 0.3) is 0 Å². The van der Waals surface area contributed by atoms with Crippen molar-refractivity contribution in [3.05, 3.63) is 0 Å². The molecule has 1 fully saturated rings. The summed E-state index contributed by atoms with van der Waals surface area (Å²) in [6, 6.07) is 0. The zero-order chi connectivity index (χ0) is 12.5. The highest BCUT2D eigenvalue weighted by Gasteiger charge is 2.43. The number of carbonyl (C=O) groups excluding carboxylic acids is 1. The van der Waals surface area contributed by atoms with Crippen molar-refractivity contribution in [1.82, 2.24) is 0 Å². The molecule has 0 bridgehead atoms. The van der Waals surface area contributed by atoms with Crippen molar-refractivity contribution in [2.24, 2.45) is 29.1 Å². The predicted molar refractivity (Wildman–Crippen MR) is 69.3 cm³/mol. The Morgan fingerprint density at radius 1 is 1.31 bits per heavy atom. The first-order valence-corrected chi connectivity index (χ1v) is 6.76. The van der Waals surface area contributed by atoms with E-state index in [2.05, 4.69) is 34.6 Å². The van der Waals surface area contributed by atoms with E-state index in [1.807, 2.05) is 0 Å². The summed E-state index contributed by atoms with van der Waals surface area (Å²) in [5, 5.41) is 0. The van der Waals surface area contributed by atoms with E-state index >= 15 is 0 Å². The standard InChI is InChI=1S/C15H28O/c1-10-7-8-12(3)15(5,6)14(10)11(2)9-13(4)16/h10-12,14H,7-9H2,1-6H3/t10-,11?,12?,14?/m1/s1. The van der Waals surface area contributed by atoms with Crippen molar-refractivity contribution in [1.29, 1.82) is 0 Å². The van der Waals surface area contributed by atoms with Gasteiger partial charge in [0.1, 0.15) is 5.78 Å². The topological polar surface area (TPSA) is 17.1 Å². The number of hydrogen-bond donors (Lipinski definition) is 0. The second-order valence-electron chi connectivity index (χ2n) is 6.69. The van der Waals surface area contributed by atoms with Crippen LogP contribution in [-0.2, 0) is 4.79 Å². The highest BCUT2D eigenvalue weighted by Crippen LogP contribution is 2.51. The molecule has 4 atom stereocenters. The number of hydrogen-bond acceptors (Lipinski definition) is 1. The van der Waals surface area contributed by atoms with Gasteiger partial charge in [0.15, 0.2) is 0 Å². The van der Waals surface area contributed by atoms with Crippen LogP contribution in [0.25, 0.3) is 0 Å². The molecule has 0 amide bonds. The quantitative estimate of drug-likeness (QED) is 0.698. The molecule has 0 saturated heterocycles. The van der Waals surface area contributed by atoms with Gasteiger partial charge in [-0.25, -0.2) is 0 Å². The molecular formula is C15H28O. The Hall–Kier alpha value is -0.330. The van der Waals surface area contributed by atoms with Gasteiger partial charge in [-0.2, -0.15) is 0 Å². The fraction of sp³-hybridized carbons (Fsp3) is 0.933. The van der Waals surface area contributed by atoms with Gasteiger partial charge < -0.3 is 4.79 Å². The largest absolute Gasteiger partial charge is 0.300 e. The summed E-state index contributed by atoms with van der Waals surface area (Å²) in [6.07, 6.45) is 3.43. The van der Waals surface area contributed by atoms with E-state index in [0.29, 0.717) is 23.0 Å². The van der Waals surface area contributed by atoms with Crippen LogP contribution in [0.3, 0.4) is 0 Å². The summed E-state index contributed by atoms with van der Waals surface area (Å²) >= 11 is 0. The number of Topliss-reactive ketones (excluding diaryl/α,β-unsaturated/α-hetero) is 1. The average Bonchev–Trinajstić information content (AvgIpc) is 2.10. The number of carbonyl (C=O) groups is 1. The van der Waals surface area contributed by atoms with E-state index in [1.165, 1.54) is 12.8 Å². The lowest BCUT2D eigenvalue weighted by Gasteiger charge is -2.50. The monoisotopic (exact) mass is 224 g/mol. The van der Waals surface area contributed by atoms with Crippen LogP contribution in [-0.4, -0.2) is 5.78 Å². The van der Waals surface area contributed by atoms with Crippen molar-refractivity contribution < 1.29 is 4.79 Å². The van der Waals surface area contributed by atoms with E-state index in [4.69, 9.17) is 0 Å². The Bertz CT molecular complexity index is 254. The summed E-state index contributed by atoms with van der Waals surface area (Å²) in [5.41, 5.74) is 0.381. The Morgan fingerprint density at radius 3 is 2.38 bits per heavy atom. The SMILES string of the molecule is CC(=O)CC(C)C1[C@H](C)CCC(C)C1(C)C. The molecule has 1 saturated carbocycles. The molecule has 0 aromatic carbocycles. The molecule has 16 heavy (non-hydrogen) atoms. The van der Waals surface area contributed by atoms with E-state index in [9.17, 15) is 4.79 Å². The van der Waals surface area contributed by atoms with Crippen LogP contribution in [0, 0.1) is 29.1 Å². The molecule has 1 nitrogen and oxygen atoms in total. The molecule has 0 aromatic rings. The van der Waals surface area contributed by atoms with Gasteiger partial charge in [-0.1, -0.05) is 41.0 Å². The van der Waals surface area contributed by atoms with Crippen molar-refractivity contribution in [3.8, 4) is 0 Å². The molecule has 0 radical (unpaired) electrons. The molecule has 94 valence electrons. The van der Waals surface area contributed by atoms with Crippen molar-refractivity contribution >= 4 is 5.78 Å². The molecule has 1 heteroatoms. The first kappa shape index (κ1) is 13.7. The summed E-state index contributed by atoms with van der Waals surface area (Å²) in [4.78, 5) is 11.3. The molecule has 1 aliphatic rings. The van der Waals surface area contributed by atoms with Gasteiger partial charge in [0.05, 0.1) is 0 Å². The van der Waals surface area contributed by atoms with Gasteiger partial charge in [0, 0.05) is 6.42 Å². The average molecular weight is 224 g/mol. The Kier molecular flexibility index (Phi) is 4.20. The minimum absolute atomic E-state index is 0.341.